The first-order valence-electron chi connectivity index (χ1n) is 13.7. The molecule has 200 valence electrons. The van der Waals surface area contributed by atoms with Crippen molar-refractivity contribution < 1.29 is 14.3 Å². The van der Waals surface area contributed by atoms with E-state index in [2.05, 4.69) is 76.2 Å². The minimum absolute atomic E-state index is 0.0672. The molecule has 1 aromatic heterocycles. The topological polar surface area (TPSA) is 70.7 Å². The number of nitrogens with zero attached hydrogens (tertiary/aromatic N) is 1. The van der Waals surface area contributed by atoms with Crippen LogP contribution in [0.15, 0.2) is 72.8 Å². The lowest BCUT2D eigenvalue weighted by atomic mass is 9.99. The number of hydrogen-bond acceptors (Lipinski definition) is 5. The number of ether oxygens (including phenoxy) is 1. The van der Waals surface area contributed by atoms with Crippen LogP contribution >= 0.6 is 11.3 Å². The standard InChI is InChI=1S/C32H33N3O3S/c36-30-20-24(21-33-30)32(37)34-25-11-9-23(10-12-25)31-28(27-5-1-2-6-29(27)39-31)19-22-7-13-26(14-8-22)38-18-17-35-15-3-4-16-35/h1-2,5-14,24H,3-4,15-21H2,(H,33,36)(H,34,37)/t24-/m1/s1. The Labute approximate surface area is 233 Å². The normalized spacial score (nSPS) is 17.4. The number of rotatable bonds is 9. The van der Waals surface area contributed by atoms with Gasteiger partial charge in [-0.1, -0.05) is 42.5 Å². The molecule has 0 bridgehead atoms. The molecule has 0 saturated carbocycles. The molecule has 6 nitrogen and oxygen atoms in total. The van der Waals surface area contributed by atoms with Crippen LogP contribution in [0.5, 0.6) is 5.75 Å². The molecule has 7 heteroatoms. The van der Waals surface area contributed by atoms with Gasteiger partial charge >= 0.3 is 0 Å². The van der Waals surface area contributed by atoms with Gasteiger partial charge in [-0.05, 0) is 84.8 Å². The maximum Gasteiger partial charge on any atom is 0.229 e. The molecule has 0 radical (unpaired) electrons. The Morgan fingerprint density at radius 1 is 1.00 bits per heavy atom. The van der Waals surface area contributed by atoms with E-state index in [0.717, 1.165) is 36.6 Å². The number of anilines is 1. The molecule has 39 heavy (non-hydrogen) atoms. The number of benzene rings is 3. The highest BCUT2D eigenvalue weighted by Crippen LogP contribution is 2.40. The van der Waals surface area contributed by atoms with E-state index >= 15 is 0 Å². The van der Waals surface area contributed by atoms with Gasteiger partial charge in [0.05, 0.1) is 5.92 Å². The zero-order valence-electron chi connectivity index (χ0n) is 21.9. The molecule has 1 atom stereocenters. The van der Waals surface area contributed by atoms with Gasteiger partial charge in [-0.15, -0.1) is 11.3 Å². The first-order valence-corrected chi connectivity index (χ1v) is 14.6. The minimum Gasteiger partial charge on any atom is -0.492 e. The second-order valence-corrected chi connectivity index (χ2v) is 11.4. The fourth-order valence-electron chi connectivity index (χ4n) is 5.45. The van der Waals surface area contributed by atoms with Gasteiger partial charge in [-0.25, -0.2) is 0 Å². The van der Waals surface area contributed by atoms with E-state index in [4.69, 9.17) is 4.74 Å². The molecular formula is C32H33N3O3S. The van der Waals surface area contributed by atoms with Gasteiger partial charge in [0.1, 0.15) is 12.4 Å². The summed E-state index contributed by atoms with van der Waals surface area (Å²) in [6.07, 6.45) is 3.68. The molecule has 6 rings (SSSR count). The second-order valence-electron chi connectivity index (χ2n) is 10.4. The quantitative estimate of drug-likeness (QED) is 0.286. The summed E-state index contributed by atoms with van der Waals surface area (Å²) in [7, 11) is 0. The maximum absolute atomic E-state index is 12.5. The monoisotopic (exact) mass is 539 g/mol. The van der Waals surface area contributed by atoms with Gasteiger partial charge in [-0.3, -0.25) is 14.5 Å². The van der Waals surface area contributed by atoms with Crippen molar-refractivity contribution in [1.29, 1.82) is 0 Å². The van der Waals surface area contributed by atoms with Gasteiger partial charge in [0, 0.05) is 34.8 Å². The lowest BCUT2D eigenvalue weighted by molar-refractivity contribution is -0.123. The van der Waals surface area contributed by atoms with E-state index < -0.39 is 0 Å². The molecule has 0 unspecified atom stereocenters. The molecule has 2 saturated heterocycles. The van der Waals surface area contributed by atoms with Crippen LogP contribution in [0.4, 0.5) is 5.69 Å². The summed E-state index contributed by atoms with van der Waals surface area (Å²) < 4.78 is 7.27. The Kier molecular flexibility index (Phi) is 7.61. The van der Waals surface area contributed by atoms with Gasteiger partial charge in [-0.2, -0.15) is 0 Å². The van der Waals surface area contributed by atoms with Crippen molar-refractivity contribution >= 4 is 38.9 Å². The molecule has 3 aromatic carbocycles. The van der Waals surface area contributed by atoms with Crippen molar-refractivity contribution in [2.75, 3.05) is 38.1 Å². The third kappa shape index (κ3) is 6.00. The largest absolute Gasteiger partial charge is 0.492 e. The van der Waals surface area contributed by atoms with Crippen molar-refractivity contribution in [2.45, 2.75) is 25.7 Å². The number of nitrogens with one attached hydrogen (secondary N) is 2. The third-order valence-corrected chi connectivity index (χ3v) is 8.90. The summed E-state index contributed by atoms with van der Waals surface area (Å²) in [6, 6.07) is 25.1. The van der Waals surface area contributed by atoms with Crippen LogP contribution in [0, 0.1) is 5.92 Å². The third-order valence-electron chi connectivity index (χ3n) is 7.64. The zero-order valence-corrected chi connectivity index (χ0v) is 22.8. The number of thiophene rings is 1. The number of hydrogen-bond donors (Lipinski definition) is 2. The first kappa shape index (κ1) is 25.6. The number of carbonyl (C=O) groups is 2. The highest BCUT2D eigenvalue weighted by Gasteiger charge is 2.28. The highest BCUT2D eigenvalue weighted by molar-refractivity contribution is 7.22. The molecular weight excluding hydrogens is 506 g/mol. The average Bonchev–Trinajstić information content (AvgIpc) is 3.71. The molecule has 4 aromatic rings. The van der Waals surface area contributed by atoms with Gasteiger partial charge in [0.2, 0.25) is 11.8 Å². The van der Waals surface area contributed by atoms with Crippen molar-refractivity contribution in [3.63, 3.8) is 0 Å². The lowest BCUT2D eigenvalue weighted by Gasteiger charge is -2.15. The first-order chi connectivity index (χ1) is 19.1. The van der Waals surface area contributed by atoms with Crippen molar-refractivity contribution in [3.05, 3.63) is 83.9 Å². The Bertz CT molecular complexity index is 1460. The summed E-state index contributed by atoms with van der Waals surface area (Å²) in [5, 5.41) is 6.96. The van der Waals surface area contributed by atoms with Gasteiger partial charge < -0.3 is 15.4 Å². The van der Waals surface area contributed by atoms with Crippen LogP contribution in [-0.2, 0) is 16.0 Å². The SMILES string of the molecule is O=C1C[C@@H](C(=O)Nc2ccc(-c3sc4ccccc4c3Cc3ccc(OCCN4CCCC4)cc3)cc2)CN1. The Morgan fingerprint density at radius 3 is 2.51 bits per heavy atom. The fourth-order valence-corrected chi connectivity index (χ4v) is 6.68. The molecule has 3 heterocycles. The summed E-state index contributed by atoms with van der Waals surface area (Å²) in [4.78, 5) is 27.7. The summed E-state index contributed by atoms with van der Waals surface area (Å²) >= 11 is 1.80. The minimum atomic E-state index is -0.312. The van der Waals surface area contributed by atoms with Gasteiger partial charge in [0.15, 0.2) is 0 Å². The molecule has 2 fully saturated rings. The lowest BCUT2D eigenvalue weighted by Crippen LogP contribution is -2.25. The van der Waals surface area contributed by atoms with Crippen LogP contribution < -0.4 is 15.4 Å². The zero-order chi connectivity index (χ0) is 26.6. The van der Waals surface area contributed by atoms with E-state index in [0.29, 0.717) is 6.54 Å². The number of carbonyl (C=O) groups excluding carboxylic acids is 2. The van der Waals surface area contributed by atoms with E-state index in [1.165, 1.54) is 52.0 Å². The van der Waals surface area contributed by atoms with Crippen molar-refractivity contribution in [2.24, 2.45) is 5.92 Å². The average molecular weight is 540 g/mol. The molecule has 2 N–H and O–H groups in total. The molecule has 0 aliphatic carbocycles. The van der Waals surface area contributed by atoms with Gasteiger partial charge in [0.25, 0.3) is 0 Å². The Morgan fingerprint density at radius 2 is 1.77 bits per heavy atom. The van der Waals surface area contributed by atoms with E-state index in [1.54, 1.807) is 11.3 Å². The molecule has 2 aliphatic rings. The van der Waals surface area contributed by atoms with E-state index in [1.807, 2.05) is 12.1 Å². The molecule has 2 amide bonds. The Balaban J connectivity index is 1.16. The van der Waals surface area contributed by atoms with Crippen LogP contribution in [-0.4, -0.2) is 49.5 Å². The second kappa shape index (κ2) is 11.6. The van der Waals surface area contributed by atoms with E-state index in [9.17, 15) is 9.59 Å². The molecule has 0 spiro atoms. The molecule has 2 aliphatic heterocycles. The predicted molar refractivity (Wildman–Crippen MR) is 157 cm³/mol. The van der Waals surface area contributed by atoms with Crippen LogP contribution in [0.25, 0.3) is 20.5 Å². The highest BCUT2D eigenvalue weighted by atomic mass is 32.1. The van der Waals surface area contributed by atoms with Crippen molar-refractivity contribution in [3.8, 4) is 16.2 Å². The maximum atomic E-state index is 12.5. The Hall–Kier alpha value is -3.68. The summed E-state index contributed by atoms with van der Waals surface area (Å²) in [5.74, 6) is 0.423. The smallest absolute Gasteiger partial charge is 0.229 e. The summed E-state index contributed by atoms with van der Waals surface area (Å²) in [6.45, 7) is 4.50. The number of fused-ring (bicyclic) bond motifs is 1. The van der Waals surface area contributed by atoms with Crippen LogP contribution in [0.1, 0.15) is 30.4 Å². The van der Waals surface area contributed by atoms with Crippen LogP contribution in [0.2, 0.25) is 0 Å². The number of likely N-dealkylation sites (tertiary alicyclic amines) is 1. The van der Waals surface area contributed by atoms with Crippen molar-refractivity contribution in [1.82, 2.24) is 10.2 Å². The number of amides is 2. The van der Waals surface area contributed by atoms with E-state index in [-0.39, 0.29) is 24.2 Å². The van der Waals surface area contributed by atoms with Crippen LogP contribution in [0.3, 0.4) is 0 Å². The predicted octanol–water partition coefficient (Wildman–Crippen LogP) is 5.71. The summed E-state index contributed by atoms with van der Waals surface area (Å²) in [5.41, 5.74) is 4.43. The fraction of sp³-hybridized carbons (Fsp3) is 0.312.